The topological polar surface area (TPSA) is 86.6 Å². The Morgan fingerprint density at radius 2 is 1.96 bits per heavy atom. The number of piperazine rings is 1. The third kappa shape index (κ3) is 4.75. The van der Waals surface area contributed by atoms with Gasteiger partial charge < -0.3 is 20.1 Å². The summed E-state index contributed by atoms with van der Waals surface area (Å²) in [5.74, 6) is 1.47. The van der Waals surface area contributed by atoms with E-state index in [0.717, 1.165) is 56.3 Å². The number of benzene rings is 2. The first-order chi connectivity index (χ1) is 22.6. The van der Waals surface area contributed by atoms with Gasteiger partial charge in [-0.05, 0) is 55.7 Å². The number of aromatic nitrogens is 3. The van der Waals surface area contributed by atoms with Gasteiger partial charge in [-0.15, -0.1) is 6.42 Å². The SMILES string of the molecule is C#Cc1c(F)ccc2cc(O)cc(-c3ncc4c(N5CC6CCC(CC)(C5)N6)nc(OCC56CC(=C)CN5CC(=C)C6)nc4c3F)c12. The first kappa shape index (κ1) is 29.8. The summed E-state index contributed by atoms with van der Waals surface area (Å²) < 4.78 is 38.2. The third-order valence-electron chi connectivity index (χ3n) is 10.6. The number of nitrogens with one attached hydrogen (secondary N) is 1. The van der Waals surface area contributed by atoms with Crippen LogP contribution in [0.4, 0.5) is 14.6 Å². The standard InChI is InChI=1S/C37H36F2N6O2/c1-5-26-29(38)8-7-23-11-25(46)12-27(30(23)26)32-31(39)33-28(15-40-32)34(44-18-24-9-10-36(6-2,19-44)43-24)42-35(41-33)47-20-37-13-21(3)16-45(37)17-22(4)14-37/h1,7-8,11-12,15,24,43,46H,3-4,6,9-10,13-14,16-20H2,2H3. The van der Waals surface area contributed by atoms with E-state index in [0.29, 0.717) is 36.3 Å². The van der Waals surface area contributed by atoms with Crippen LogP contribution in [0.15, 0.2) is 54.8 Å². The van der Waals surface area contributed by atoms with Crippen LogP contribution in [0.3, 0.4) is 0 Å². The average molecular weight is 635 g/mol. The molecule has 2 bridgehead atoms. The van der Waals surface area contributed by atoms with Crippen LogP contribution in [0.1, 0.15) is 44.6 Å². The molecule has 4 fully saturated rings. The molecule has 2 aromatic carbocycles. The maximum atomic E-state index is 16.9. The van der Waals surface area contributed by atoms with Gasteiger partial charge in [0.25, 0.3) is 0 Å². The molecule has 2 N–H and O–H groups in total. The highest BCUT2D eigenvalue weighted by atomic mass is 19.1. The van der Waals surface area contributed by atoms with Crippen molar-refractivity contribution in [1.29, 1.82) is 0 Å². The Morgan fingerprint density at radius 3 is 2.70 bits per heavy atom. The molecular formula is C37H36F2N6O2. The number of pyridine rings is 1. The third-order valence-corrected chi connectivity index (χ3v) is 10.6. The number of anilines is 1. The zero-order valence-corrected chi connectivity index (χ0v) is 26.4. The van der Waals surface area contributed by atoms with Crippen LogP contribution < -0.4 is 15.0 Å². The van der Waals surface area contributed by atoms with Crippen molar-refractivity contribution in [3.05, 3.63) is 72.0 Å². The lowest BCUT2D eigenvalue weighted by Gasteiger charge is -2.42. The van der Waals surface area contributed by atoms with Crippen molar-refractivity contribution in [2.24, 2.45) is 0 Å². The molecule has 8 rings (SSSR count). The van der Waals surface area contributed by atoms with Crippen LogP contribution in [0.2, 0.25) is 0 Å². The second-order valence-electron chi connectivity index (χ2n) is 13.8. The van der Waals surface area contributed by atoms with Crippen LogP contribution >= 0.6 is 0 Å². The number of ether oxygens (including phenoxy) is 1. The summed E-state index contributed by atoms with van der Waals surface area (Å²) in [6.07, 6.45) is 11.9. The van der Waals surface area contributed by atoms with E-state index in [9.17, 15) is 9.50 Å². The van der Waals surface area contributed by atoms with Gasteiger partial charge in [-0.3, -0.25) is 9.88 Å². The smallest absolute Gasteiger partial charge is 0.319 e. The molecule has 6 heterocycles. The zero-order valence-electron chi connectivity index (χ0n) is 26.4. The van der Waals surface area contributed by atoms with E-state index in [1.54, 1.807) is 6.20 Å². The highest BCUT2D eigenvalue weighted by Gasteiger charge is 2.48. The molecule has 4 saturated heterocycles. The van der Waals surface area contributed by atoms with Gasteiger partial charge in [0.15, 0.2) is 5.82 Å². The molecule has 2 unspecified atom stereocenters. The largest absolute Gasteiger partial charge is 0.508 e. The van der Waals surface area contributed by atoms with Gasteiger partial charge >= 0.3 is 6.01 Å². The van der Waals surface area contributed by atoms with Crippen LogP contribution in [0.5, 0.6) is 11.8 Å². The quantitative estimate of drug-likeness (QED) is 0.201. The van der Waals surface area contributed by atoms with Crippen molar-refractivity contribution >= 4 is 27.5 Å². The fourth-order valence-electron chi connectivity index (χ4n) is 8.46. The molecule has 0 radical (unpaired) electrons. The minimum Gasteiger partial charge on any atom is -0.508 e. The number of terminal acetylenes is 1. The minimum atomic E-state index is -0.735. The molecule has 2 atom stereocenters. The number of fused-ring (bicyclic) bond motifs is 5. The van der Waals surface area contributed by atoms with E-state index in [2.05, 4.69) is 51.1 Å². The number of hydrogen-bond donors (Lipinski definition) is 2. The normalized spacial score (nSPS) is 23.5. The summed E-state index contributed by atoms with van der Waals surface area (Å²) in [4.78, 5) is 18.7. The Labute approximate surface area is 272 Å². The van der Waals surface area contributed by atoms with E-state index in [4.69, 9.17) is 16.1 Å². The molecule has 8 nitrogen and oxygen atoms in total. The number of hydrogen-bond acceptors (Lipinski definition) is 8. The van der Waals surface area contributed by atoms with E-state index in [1.807, 2.05) is 0 Å². The van der Waals surface area contributed by atoms with Crippen molar-refractivity contribution in [3.63, 3.8) is 0 Å². The second kappa shape index (κ2) is 10.7. The average Bonchev–Trinajstić information content (AvgIpc) is 3.64. The van der Waals surface area contributed by atoms with Crippen molar-refractivity contribution < 1.29 is 18.6 Å². The van der Waals surface area contributed by atoms with E-state index < -0.39 is 11.6 Å². The van der Waals surface area contributed by atoms with Crippen molar-refractivity contribution in [2.45, 2.75) is 56.1 Å². The van der Waals surface area contributed by atoms with Gasteiger partial charge in [0.1, 0.15) is 35.2 Å². The Morgan fingerprint density at radius 1 is 1.17 bits per heavy atom. The summed E-state index contributed by atoms with van der Waals surface area (Å²) in [7, 11) is 0. The first-order valence-electron chi connectivity index (χ1n) is 16.1. The minimum absolute atomic E-state index is 0.0302. The van der Waals surface area contributed by atoms with Gasteiger partial charge in [-0.2, -0.15) is 9.97 Å². The fourth-order valence-corrected chi connectivity index (χ4v) is 8.46. The van der Waals surface area contributed by atoms with Crippen molar-refractivity contribution in [1.82, 2.24) is 25.2 Å². The number of rotatable bonds is 6. The highest BCUT2D eigenvalue weighted by molar-refractivity contribution is 6.03. The predicted molar refractivity (Wildman–Crippen MR) is 178 cm³/mol. The van der Waals surface area contributed by atoms with Gasteiger partial charge in [0.2, 0.25) is 0 Å². The van der Waals surface area contributed by atoms with Crippen LogP contribution in [-0.4, -0.2) is 74.9 Å². The van der Waals surface area contributed by atoms with Crippen LogP contribution in [0, 0.1) is 24.0 Å². The van der Waals surface area contributed by atoms with Crippen molar-refractivity contribution in [3.8, 4) is 35.4 Å². The van der Waals surface area contributed by atoms with Gasteiger partial charge in [0, 0.05) is 54.9 Å². The lowest BCUT2D eigenvalue weighted by atomic mass is 9.92. The number of aromatic hydroxyl groups is 1. The number of halogens is 2. The van der Waals surface area contributed by atoms with Crippen LogP contribution in [0.25, 0.3) is 32.9 Å². The van der Waals surface area contributed by atoms with E-state index >= 15 is 4.39 Å². The molecule has 4 aliphatic heterocycles. The number of phenolic OH excluding ortho intramolecular Hbond substituents is 1. The Bertz CT molecular complexity index is 2040. The summed E-state index contributed by atoms with van der Waals surface area (Å²) >= 11 is 0. The zero-order chi connectivity index (χ0) is 32.7. The highest BCUT2D eigenvalue weighted by Crippen LogP contribution is 2.44. The summed E-state index contributed by atoms with van der Waals surface area (Å²) in [6.45, 7) is 13.9. The van der Waals surface area contributed by atoms with Gasteiger partial charge in [0.05, 0.1) is 16.5 Å². The number of nitrogens with zero attached hydrogens (tertiary/aromatic N) is 5. The van der Waals surface area contributed by atoms with E-state index in [-0.39, 0.29) is 56.6 Å². The maximum absolute atomic E-state index is 16.9. The molecule has 4 aromatic rings. The Hall–Kier alpha value is -4.59. The molecule has 0 spiro atoms. The maximum Gasteiger partial charge on any atom is 0.319 e. The lowest BCUT2D eigenvalue weighted by molar-refractivity contribution is 0.108. The predicted octanol–water partition coefficient (Wildman–Crippen LogP) is 5.87. The lowest BCUT2D eigenvalue weighted by Crippen LogP contribution is -2.59. The second-order valence-corrected chi connectivity index (χ2v) is 13.8. The molecule has 0 saturated carbocycles. The molecular weight excluding hydrogens is 598 g/mol. The fraction of sp³-hybridized carbons (Fsp3) is 0.378. The molecule has 240 valence electrons. The van der Waals surface area contributed by atoms with Gasteiger partial charge in [-0.1, -0.05) is 43.2 Å². The van der Waals surface area contributed by atoms with Gasteiger partial charge in [-0.25, -0.2) is 8.78 Å². The van der Waals surface area contributed by atoms with E-state index in [1.165, 1.54) is 24.3 Å². The van der Waals surface area contributed by atoms with Crippen LogP contribution in [-0.2, 0) is 0 Å². The number of phenols is 1. The molecule has 0 amide bonds. The summed E-state index contributed by atoms with van der Waals surface area (Å²) in [5.41, 5.74) is 2.00. The monoisotopic (exact) mass is 634 g/mol. The Kier molecular flexibility index (Phi) is 6.80. The summed E-state index contributed by atoms with van der Waals surface area (Å²) in [6, 6.07) is 5.90. The molecule has 2 aromatic heterocycles. The van der Waals surface area contributed by atoms with Crippen molar-refractivity contribution in [2.75, 3.05) is 37.7 Å². The molecule has 10 heteroatoms. The molecule has 47 heavy (non-hydrogen) atoms. The molecule has 4 aliphatic rings. The summed E-state index contributed by atoms with van der Waals surface area (Å²) in [5, 5.41) is 15.6. The molecule has 0 aliphatic carbocycles. The Balaban J connectivity index is 1.28. The first-order valence-corrected chi connectivity index (χ1v) is 16.1.